The highest BCUT2D eigenvalue weighted by atomic mass is 79.9. The number of amides is 1. The zero-order valence-electron chi connectivity index (χ0n) is 14.3. The van der Waals surface area contributed by atoms with E-state index in [0.717, 1.165) is 10.0 Å². The number of halogens is 1. The summed E-state index contributed by atoms with van der Waals surface area (Å²) in [7, 11) is -3.82. The minimum atomic E-state index is -3.82. The van der Waals surface area contributed by atoms with Gasteiger partial charge in [-0.3, -0.25) is 9.52 Å². The molecule has 8 heteroatoms. The molecule has 0 fully saturated rings. The third-order valence-electron chi connectivity index (χ3n) is 3.66. The van der Waals surface area contributed by atoms with Crippen LogP contribution in [0.1, 0.15) is 15.9 Å². The Labute approximate surface area is 165 Å². The van der Waals surface area contributed by atoms with E-state index in [1.807, 2.05) is 13.0 Å². The molecule has 2 N–H and O–H groups in total. The summed E-state index contributed by atoms with van der Waals surface area (Å²) in [5.74, 6) is -0.0427. The van der Waals surface area contributed by atoms with E-state index in [0.29, 0.717) is 11.5 Å². The van der Waals surface area contributed by atoms with Gasteiger partial charge in [0, 0.05) is 21.9 Å². The lowest BCUT2D eigenvalue weighted by Crippen LogP contribution is -2.16. The SMILES string of the molecule is Cc1ccc(NC(=O)c2cccc(S(=O)(=O)Nc3ccc(Br)cc3)c2)nc1. The molecule has 0 radical (unpaired) electrons. The van der Waals surface area contributed by atoms with Crippen molar-refractivity contribution >= 4 is 43.4 Å². The molecule has 3 aromatic rings. The first-order chi connectivity index (χ1) is 12.8. The van der Waals surface area contributed by atoms with Crippen molar-refractivity contribution in [2.75, 3.05) is 10.0 Å². The van der Waals surface area contributed by atoms with Crippen LogP contribution in [-0.4, -0.2) is 19.3 Å². The molecular formula is C19H16BrN3O3S. The molecule has 0 spiro atoms. The summed E-state index contributed by atoms with van der Waals surface area (Å²) in [6, 6.07) is 16.1. The van der Waals surface area contributed by atoms with Crippen LogP contribution < -0.4 is 10.0 Å². The average Bonchev–Trinajstić information content (AvgIpc) is 2.65. The smallest absolute Gasteiger partial charge is 0.261 e. The second-order valence-corrected chi connectivity index (χ2v) is 8.41. The molecule has 2 aromatic carbocycles. The highest BCUT2D eigenvalue weighted by molar-refractivity contribution is 9.10. The summed E-state index contributed by atoms with van der Waals surface area (Å²) in [4.78, 5) is 16.5. The molecule has 1 heterocycles. The molecule has 0 saturated carbocycles. The van der Waals surface area contributed by atoms with Crippen molar-refractivity contribution in [1.29, 1.82) is 0 Å². The Morgan fingerprint density at radius 1 is 1.04 bits per heavy atom. The monoisotopic (exact) mass is 445 g/mol. The predicted octanol–water partition coefficient (Wildman–Crippen LogP) is 4.21. The number of nitrogens with one attached hydrogen (secondary N) is 2. The fourth-order valence-electron chi connectivity index (χ4n) is 2.27. The molecular weight excluding hydrogens is 430 g/mol. The van der Waals surface area contributed by atoms with Gasteiger partial charge in [0.05, 0.1) is 4.90 Å². The number of rotatable bonds is 5. The molecule has 1 amide bonds. The Balaban J connectivity index is 1.80. The van der Waals surface area contributed by atoms with Crippen LogP contribution in [0.25, 0.3) is 0 Å². The highest BCUT2D eigenvalue weighted by Crippen LogP contribution is 2.20. The number of sulfonamides is 1. The van der Waals surface area contributed by atoms with Gasteiger partial charge in [0.25, 0.3) is 15.9 Å². The van der Waals surface area contributed by atoms with Crippen molar-refractivity contribution in [1.82, 2.24) is 4.98 Å². The minimum absolute atomic E-state index is 0.00469. The van der Waals surface area contributed by atoms with Crippen molar-refractivity contribution < 1.29 is 13.2 Å². The quantitative estimate of drug-likeness (QED) is 0.615. The van der Waals surface area contributed by atoms with Gasteiger partial charge in [-0.05, 0) is 61.0 Å². The van der Waals surface area contributed by atoms with Crippen LogP contribution in [0.4, 0.5) is 11.5 Å². The van der Waals surface area contributed by atoms with E-state index in [9.17, 15) is 13.2 Å². The van der Waals surface area contributed by atoms with E-state index in [1.165, 1.54) is 18.2 Å². The summed E-state index contributed by atoms with van der Waals surface area (Å²) in [6.07, 6.45) is 1.64. The van der Waals surface area contributed by atoms with Crippen LogP contribution in [0, 0.1) is 6.92 Å². The first kappa shape index (κ1) is 19.1. The first-order valence-electron chi connectivity index (χ1n) is 7.96. The van der Waals surface area contributed by atoms with Crippen LogP contribution in [0.2, 0.25) is 0 Å². The fourth-order valence-corrected chi connectivity index (χ4v) is 3.64. The Morgan fingerprint density at radius 2 is 1.78 bits per heavy atom. The lowest BCUT2D eigenvalue weighted by atomic mass is 10.2. The summed E-state index contributed by atoms with van der Waals surface area (Å²) >= 11 is 3.30. The molecule has 0 atom stereocenters. The number of carbonyl (C=O) groups excluding carboxylic acids is 1. The van der Waals surface area contributed by atoms with Gasteiger partial charge in [-0.2, -0.15) is 0 Å². The van der Waals surface area contributed by atoms with Gasteiger partial charge in [-0.25, -0.2) is 13.4 Å². The van der Waals surface area contributed by atoms with Crippen molar-refractivity contribution in [3.05, 3.63) is 82.5 Å². The van der Waals surface area contributed by atoms with Crippen molar-refractivity contribution in [2.45, 2.75) is 11.8 Å². The number of aromatic nitrogens is 1. The second kappa shape index (κ2) is 7.89. The largest absolute Gasteiger partial charge is 0.307 e. The molecule has 0 aliphatic carbocycles. The Morgan fingerprint density at radius 3 is 2.44 bits per heavy atom. The molecule has 138 valence electrons. The normalized spacial score (nSPS) is 11.0. The molecule has 0 aliphatic rings. The third-order valence-corrected chi connectivity index (χ3v) is 5.56. The molecule has 0 aliphatic heterocycles. The fraction of sp³-hybridized carbons (Fsp3) is 0.0526. The Bertz CT molecular complexity index is 1070. The Hall–Kier alpha value is -2.71. The van der Waals surface area contributed by atoms with Gasteiger partial charge in [-0.1, -0.05) is 28.1 Å². The maximum absolute atomic E-state index is 12.6. The number of pyridine rings is 1. The van der Waals surface area contributed by atoms with E-state index >= 15 is 0 Å². The number of benzene rings is 2. The van der Waals surface area contributed by atoms with E-state index in [2.05, 4.69) is 31.0 Å². The number of hydrogen-bond acceptors (Lipinski definition) is 4. The summed E-state index contributed by atoms with van der Waals surface area (Å²) in [6.45, 7) is 1.89. The number of carbonyl (C=O) groups is 1. The molecule has 0 unspecified atom stereocenters. The molecule has 1 aromatic heterocycles. The zero-order valence-corrected chi connectivity index (χ0v) is 16.7. The molecule has 0 bridgehead atoms. The van der Waals surface area contributed by atoms with Gasteiger partial charge in [-0.15, -0.1) is 0 Å². The van der Waals surface area contributed by atoms with Crippen LogP contribution in [0.3, 0.4) is 0 Å². The van der Waals surface area contributed by atoms with Crippen LogP contribution >= 0.6 is 15.9 Å². The van der Waals surface area contributed by atoms with E-state index in [-0.39, 0.29) is 10.5 Å². The summed E-state index contributed by atoms with van der Waals surface area (Å²) in [5, 5.41) is 2.65. The number of nitrogens with zero attached hydrogens (tertiary/aromatic N) is 1. The maximum Gasteiger partial charge on any atom is 0.261 e. The van der Waals surface area contributed by atoms with E-state index in [4.69, 9.17) is 0 Å². The first-order valence-corrected chi connectivity index (χ1v) is 10.2. The standard InChI is InChI=1S/C19H16BrN3O3S/c1-13-5-10-18(21-12-13)22-19(24)14-3-2-4-17(11-14)27(25,26)23-16-8-6-15(20)7-9-16/h2-12,23H,1H3,(H,21,22,24). The maximum atomic E-state index is 12.6. The van der Waals surface area contributed by atoms with Gasteiger partial charge in [0.15, 0.2) is 0 Å². The van der Waals surface area contributed by atoms with Gasteiger partial charge in [0.1, 0.15) is 5.82 Å². The highest BCUT2D eigenvalue weighted by Gasteiger charge is 2.17. The van der Waals surface area contributed by atoms with Gasteiger partial charge < -0.3 is 5.32 Å². The van der Waals surface area contributed by atoms with Crippen molar-refractivity contribution in [2.24, 2.45) is 0 Å². The third kappa shape index (κ3) is 4.93. The number of aryl methyl sites for hydroxylation is 1. The van der Waals surface area contributed by atoms with Crippen molar-refractivity contribution in [3.8, 4) is 0 Å². The molecule has 6 nitrogen and oxygen atoms in total. The summed E-state index contributed by atoms with van der Waals surface area (Å²) < 4.78 is 28.5. The average molecular weight is 446 g/mol. The zero-order chi connectivity index (χ0) is 19.4. The lowest BCUT2D eigenvalue weighted by molar-refractivity contribution is 0.102. The van der Waals surface area contributed by atoms with Crippen LogP contribution in [0.5, 0.6) is 0 Å². The summed E-state index contributed by atoms with van der Waals surface area (Å²) in [5.41, 5.74) is 1.62. The van der Waals surface area contributed by atoms with Crippen molar-refractivity contribution in [3.63, 3.8) is 0 Å². The van der Waals surface area contributed by atoms with E-state index < -0.39 is 15.9 Å². The topological polar surface area (TPSA) is 88.2 Å². The number of anilines is 2. The van der Waals surface area contributed by atoms with Gasteiger partial charge >= 0.3 is 0 Å². The van der Waals surface area contributed by atoms with Crippen LogP contribution in [-0.2, 0) is 10.0 Å². The Kier molecular flexibility index (Phi) is 5.57. The van der Waals surface area contributed by atoms with Gasteiger partial charge in [0.2, 0.25) is 0 Å². The number of hydrogen-bond donors (Lipinski definition) is 2. The van der Waals surface area contributed by atoms with E-state index in [1.54, 1.807) is 42.6 Å². The van der Waals surface area contributed by atoms with Crippen LogP contribution in [0.15, 0.2) is 76.2 Å². The second-order valence-electron chi connectivity index (χ2n) is 5.82. The minimum Gasteiger partial charge on any atom is -0.307 e. The lowest BCUT2D eigenvalue weighted by Gasteiger charge is -2.10. The molecule has 0 saturated heterocycles. The predicted molar refractivity (Wildman–Crippen MR) is 108 cm³/mol. The molecule has 3 rings (SSSR count). The molecule has 27 heavy (non-hydrogen) atoms.